The van der Waals surface area contributed by atoms with E-state index in [1.54, 1.807) is 19.2 Å². The average molecular weight is 387 g/mol. The zero-order valence-corrected chi connectivity index (χ0v) is 17.5. The molecule has 0 spiro atoms. The van der Waals surface area contributed by atoms with Crippen LogP contribution >= 0.6 is 0 Å². The molecular formula is C23H30FNO3. The van der Waals surface area contributed by atoms with Gasteiger partial charge < -0.3 is 14.8 Å². The summed E-state index contributed by atoms with van der Waals surface area (Å²) >= 11 is 0. The monoisotopic (exact) mass is 387 g/mol. The van der Waals surface area contributed by atoms with Crippen molar-refractivity contribution < 1.29 is 18.7 Å². The molecule has 28 heavy (non-hydrogen) atoms. The van der Waals surface area contributed by atoms with Crippen LogP contribution in [0.3, 0.4) is 0 Å². The smallest absolute Gasteiger partial charge is 0.261 e. The molecule has 0 radical (unpaired) electrons. The Bertz CT molecular complexity index is 819. The molecule has 152 valence electrons. The fraction of sp³-hybridized carbons (Fsp3) is 0.435. The van der Waals surface area contributed by atoms with Crippen molar-refractivity contribution in [3.63, 3.8) is 0 Å². The second-order valence-corrected chi connectivity index (χ2v) is 7.28. The van der Waals surface area contributed by atoms with Crippen LogP contribution in [0.15, 0.2) is 36.4 Å². The number of carbonyl (C=O) groups excluding carboxylic acids is 1. The third-order valence-corrected chi connectivity index (χ3v) is 4.83. The summed E-state index contributed by atoms with van der Waals surface area (Å²) in [5, 5.41) is 3.00. The van der Waals surface area contributed by atoms with Crippen LogP contribution in [0.4, 0.5) is 4.39 Å². The highest BCUT2D eigenvalue weighted by molar-refractivity contribution is 5.81. The summed E-state index contributed by atoms with van der Waals surface area (Å²) in [4.78, 5) is 12.7. The molecule has 0 saturated heterocycles. The SMILES string of the molecule is CCC(Oc1ccccc1F)C(=O)NC(C)c1cc(C(C)C)c(OC)cc1C. The van der Waals surface area contributed by atoms with Crippen molar-refractivity contribution in [1.29, 1.82) is 0 Å². The molecule has 0 fully saturated rings. The quantitative estimate of drug-likeness (QED) is 0.668. The lowest BCUT2D eigenvalue weighted by molar-refractivity contribution is -0.128. The van der Waals surface area contributed by atoms with E-state index in [4.69, 9.17) is 9.47 Å². The van der Waals surface area contributed by atoms with E-state index in [1.807, 2.05) is 26.8 Å². The molecule has 0 saturated carbocycles. The number of ether oxygens (including phenoxy) is 2. The number of aryl methyl sites for hydroxylation is 1. The standard InChI is InChI=1S/C23H30FNO3/c1-7-20(28-21-11-9-8-10-19(21)24)23(26)25-16(5)18-13-17(14(2)3)22(27-6)12-15(18)4/h8-14,16,20H,7H2,1-6H3,(H,25,26). The van der Waals surface area contributed by atoms with E-state index in [-0.39, 0.29) is 17.7 Å². The lowest BCUT2D eigenvalue weighted by atomic mass is 9.93. The Morgan fingerprint density at radius 3 is 2.36 bits per heavy atom. The van der Waals surface area contributed by atoms with Crippen LogP contribution < -0.4 is 14.8 Å². The Hall–Kier alpha value is -2.56. The number of hydrogen-bond donors (Lipinski definition) is 1. The summed E-state index contributed by atoms with van der Waals surface area (Å²) in [6, 6.07) is 9.98. The van der Waals surface area contributed by atoms with Crippen molar-refractivity contribution in [3.05, 3.63) is 58.9 Å². The summed E-state index contributed by atoms with van der Waals surface area (Å²) in [6.07, 6.45) is -0.325. The first kappa shape index (κ1) is 21.7. The van der Waals surface area contributed by atoms with E-state index in [9.17, 15) is 9.18 Å². The molecule has 0 heterocycles. The van der Waals surface area contributed by atoms with Gasteiger partial charge in [-0.2, -0.15) is 0 Å². The molecule has 1 N–H and O–H groups in total. The highest BCUT2D eigenvalue weighted by Crippen LogP contribution is 2.32. The summed E-state index contributed by atoms with van der Waals surface area (Å²) < 4.78 is 25.0. The lowest BCUT2D eigenvalue weighted by Crippen LogP contribution is -2.39. The van der Waals surface area contributed by atoms with Crippen molar-refractivity contribution >= 4 is 5.91 Å². The highest BCUT2D eigenvalue weighted by atomic mass is 19.1. The Labute approximate surface area is 167 Å². The van der Waals surface area contributed by atoms with Gasteiger partial charge in [-0.15, -0.1) is 0 Å². The van der Waals surface area contributed by atoms with Gasteiger partial charge in [0.1, 0.15) is 5.75 Å². The van der Waals surface area contributed by atoms with Crippen molar-refractivity contribution in [2.24, 2.45) is 0 Å². The first-order chi connectivity index (χ1) is 13.3. The summed E-state index contributed by atoms with van der Waals surface area (Å²) in [5.74, 6) is 0.489. The van der Waals surface area contributed by atoms with Gasteiger partial charge >= 0.3 is 0 Å². The van der Waals surface area contributed by atoms with Crippen molar-refractivity contribution in [2.45, 2.75) is 59.1 Å². The normalized spacial score (nSPS) is 13.1. The van der Waals surface area contributed by atoms with E-state index >= 15 is 0 Å². The fourth-order valence-electron chi connectivity index (χ4n) is 3.21. The van der Waals surface area contributed by atoms with Crippen LogP contribution in [0.1, 0.15) is 62.8 Å². The van der Waals surface area contributed by atoms with E-state index in [0.717, 1.165) is 22.4 Å². The minimum Gasteiger partial charge on any atom is -0.496 e. The Morgan fingerprint density at radius 2 is 1.79 bits per heavy atom. The maximum Gasteiger partial charge on any atom is 0.261 e. The first-order valence-corrected chi connectivity index (χ1v) is 9.68. The minimum absolute atomic E-state index is 0.0832. The number of methoxy groups -OCH3 is 1. The van der Waals surface area contributed by atoms with Crippen LogP contribution in [0.2, 0.25) is 0 Å². The molecule has 4 nitrogen and oxygen atoms in total. The molecule has 0 bridgehead atoms. The molecule has 2 rings (SSSR count). The number of rotatable bonds is 8. The van der Waals surface area contributed by atoms with Gasteiger partial charge in [-0.05, 0) is 67.1 Å². The van der Waals surface area contributed by atoms with E-state index < -0.39 is 11.9 Å². The molecule has 0 aromatic heterocycles. The van der Waals surface area contributed by atoms with Gasteiger partial charge in [0.2, 0.25) is 0 Å². The second kappa shape index (κ2) is 9.58. The van der Waals surface area contributed by atoms with Gasteiger partial charge in [0, 0.05) is 0 Å². The maximum atomic E-state index is 13.9. The largest absolute Gasteiger partial charge is 0.496 e. The van der Waals surface area contributed by atoms with Gasteiger partial charge in [0.25, 0.3) is 5.91 Å². The van der Waals surface area contributed by atoms with E-state index in [2.05, 4.69) is 25.2 Å². The van der Waals surface area contributed by atoms with Gasteiger partial charge in [0.05, 0.1) is 13.2 Å². The minimum atomic E-state index is -0.762. The zero-order chi connectivity index (χ0) is 20.8. The van der Waals surface area contributed by atoms with Crippen LogP contribution in [0, 0.1) is 12.7 Å². The van der Waals surface area contributed by atoms with Crippen LogP contribution in [0.25, 0.3) is 0 Å². The number of hydrogen-bond acceptors (Lipinski definition) is 3. The van der Waals surface area contributed by atoms with Crippen molar-refractivity contribution in [2.75, 3.05) is 7.11 Å². The second-order valence-electron chi connectivity index (χ2n) is 7.28. The number of para-hydroxylation sites is 1. The third kappa shape index (κ3) is 5.03. The molecule has 5 heteroatoms. The summed E-state index contributed by atoms with van der Waals surface area (Å²) in [6.45, 7) is 9.99. The first-order valence-electron chi connectivity index (χ1n) is 9.68. The van der Waals surface area contributed by atoms with Gasteiger partial charge in [-0.3, -0.25) is 4.79 Å². The Balaban J connectivity index is 2.18. The molecular weight excluding hydrogens is 357 g/mol. The Kier molecular flexibility index (Phi) is 7.44. The predicted molar refractivity (Wildman–Crippen MR) is 109 cm³/mol. The molecule has 0 aliphatic heterocycles. The molecule has 2 atom stereocenters. The van der Waals surface area contributed by atoms with E-state index in [0.29, 0.717) is 12.3 Å². The Morgan fingerprint density at radius 1 is 1.11 bits per heavy atom. The van der Waals surface area contributed by atoms with Crippen molar-refractivity contribution in [1.82, 2.24) is 5.32 Å². The van der Waals surface area contributed by atoms with E-state index in [1.165, 1.54) is 12.1 Å². The van der Waals surface area contributed by atoms with Gasteiger partial charge in [0.15, 0.2) is 17.7 Å². The highest BCUT2D eigenvalue weighted by Gasteiger charge is 2.23. The number of halogens is 1. The number of benzene rings is 2. The molecule has 2 unspecified atom stereocenters. The fourth-order valence-corrected chi connectivity index (χ4v) is 3.21. The zero-order valence-electron chi connectivity index (χ0n) is 17.5. The van der Waals surface area contributed by atoms with Crippen LogP contribution in [0.5, 0.6) is 11.5 Å². The summed E-state index contributed by atoms with van der Waals surface area (Å²) in [5.41, 5.74) is 3.16. The lowest BCUT2D eigenvalue weighted by Gasteiger charge is -2.23. The van der Waals surface area contributed by atoms with Crippen LogP contribution in [-0.4, -0.2) is 19.1 Å². The molecule has 2 aromatic carbocycles. The number of amides is 1. The molecule has 1 amide bonds. The third-order valence-electron chi connectivity index (χ3n) is 4.83. The van der Waals surface area contributed by atoms with Crippen molar-refractivity contribution in [3.8, 4) is 11.5 Å². The van der Waals surface area contributed by atoms with Crippen LogP contribution in [-0.2, 0) is 4.79 Å². The number of nitrogens with one attached hydrogen (secondary N) is 1. The average Bonchev–Trinajstić information content (AvgIpc) is 2.66. The summed E-state index contributed by atoms with van der Waals surface area (Å²) in [7, 11) is 1.66. The van der Waals surface area contributed by atoms with Gasteiger partial charge in [-0.25, -0.2) is 4.39 Å². The molecule has 0 aliphatic rings. The molecule has 0 aliphatic carbocycles. The maximum absolute atomic E-state index is 13.9. The predicted octanol–water partition coefficient (Wildman–Crippen LogP) is 5.30. The molecule has 2 aromatic rings. The topological polar surface area (TPSA) is 47.6 Å². The number of carbonyl (C=O) groups is 1. The van der Waals surface area contributed by atoms with Gasteiger partial charge in [-0.1, -0.05) is 32.9 Å².